The molecule has 70 valence electrons. The molecule has 0 aromatic carbocycles. The number of hydrogen-bond donors (Lipinski definition) is 0. The maximum Gasteiger partial charge on any atom is 0.0687 e. The van der Waals surface area contributed by atoms with Crippen molar-refractivity contribution in [3.05, 3.63) is 0 Å². The fourth-order valence-electron chi connectivity index (χ4n) is 1.02. The van der Waals surface area contributed by atoms with Crippen LogP contribution in [0.25, 0.3) is 0 Å². The topological polar surface area (TPSA) is 40.9 Å². The van der Waals surface area contributed by atoms with Gasteiger partial charge in [-0.1, -0.05) is 13.8 Å². The van der Waals surface area contributed by atoms with E-state index in [0.29, 0.717) is 11.5 Å². The fraction of sp³-hybridized carbons (Fsp3) is 0.889. The summed E-state index contributed by atoms with van der Waals surface area (Å²) >= 11 is 0. The molecule has 0 unspecified atom stereocenters. The van der Waals surface area contributed by atoms with Crippen molar-refractivity contribution in [3.8, 4) is 6.07 Å². The summed E-state index contributed by atoms with van der Waals surface area (Å²) in [4.78, 5) is 0. The highest BCUT2D eigenvalue weighted by molar-refractivity contribution is 7.85. The molecule has 1 heterocycles. The van der Waals surface area contributed by atoms with Crippen LogP contribution in [0, 0.1) is 16.7 Å². The summed E-state index contributed by atoms with van der Waals surface area (Å²) in [5, 5.41) is 8.69. The summed E-state index contributed by atoms with van der Waals surface area (Å²) in [7, 11) is -0.640. The summed E-state index contributed by atoms with van der Waals surface area (Å²) in [6.45, 7) is 5.95. The molecule has 3 heteroatoms. The van der Waals surface area contributed by atoms with Gasteiger partial charge in [0.15, 0.2) is 0 Å². The van der Waals surface area contributed by atoms with Gasteiger partial charge in [-0.15, -0.1) is 0 Å². The summed E-state index contributed by atoms with van der Waals surface area (Å²) in [6, 6.07) is 2.27. The molecule has 0 aromatic rings. The Morgan fingerprint density at radius 2 is 1.75 bits per heavy atom. The summed E-state index contributed by atoms with van der Waals surface area (Å²) < 4.78 is 10.9. The maximum atomic E-state index is 10.9. The molecule has 0 saturated carbocycles. The van der Waals surface area contributed by atoms with Crippen LogP contribution >= 0.6 is 0 Å². The molecule has 0 spiro atoms. The first-order chi connectivity index (χ1) is 5.66. The average Bonchev–Trinajstić information content (AvgIpc) is 2.14. The van der Waals surface area contributed by atoms with E-state index in [1.54, 1.807) is 0 Å². The lowest BCUT2D eigenvalue weighted by molar-refractivity contribution is 0.401. The van der Waals surface area contributed by atoms with Crippen LogP contribution in [0.3, 0.4) is 0 Å². The summed E-state index contributed by atoms with van der Waals surface area (Å²) in [6.07, 6.45) is 1.60. The minimum atomic E-state index is -0.640. The third-order valence-electron chi connectivity index (χ3n) is 2.03. The lowest BCUT2D eigenvalue weighted by atomic mass is 9.86. The van der Waals surface area contributed by atoms with E-state index in [4.69, 9.17) is 5.26 Å². The number of hydrogen-bond acceptors (Lipinski definition) is 2. The Balaban J connectivity index is 0.000000561. The lowest BCUT2D eigenvalue weighted by Crippen LogP contribution is -2.26. The number of rotatable bonds is 0. The van der Waals surface area contributed by atoms with Gasteiger partial charge in [0.25, 0.3) is 0 Å². The van der Waals surface area contributed by atoms with Crippen LogP contribution in [-0.2, 0) is 10.8 Å². The smallest absolute Gasteiger partial charge is 0.0687 e. The van der Waals surface area contributed by atoms with E-state index in [1.165, 1.54) is 0 Å². The van der Waals surface area contributed by atoms with Crippen molar-refractivity contribution in [2.24, 2.45) is 5.41 Å². The van der Waals surface area contributed by atoms with Crippen molar-refractivity contribution >= 4 is 10.8 Å². The van der Waals surface area contributed by atoms with E-state index < -0.39 is 10.8 Å². The molecule has 12 heavy (non-hydrogen) atoms. The van der Waals surface area contributed by atoms with Crippen molar-refractivity contribution in [1.82, 2.24) is 0 Å². The van der Waals surface area contributed by atoms with Gasteiger partial charge >= 0.3 is 0 Å². The largest absolute Gasteiger partial charge is 0.260 e. The first-order valence-corrected chi connectivity index (χ1v) is 5.91. The third-order valence-corrected chi connectivity index (χ3v) is 3.35. The number of nitrogens with zero attached hydrogens (tertiary/aromatic N) is 1. The molecule has 1 saturated heterocycles. The summed E-state index contributed by atoms with van der Waals surface area (Å²) in [5.74, 6) is 1.42. The minimum Gasteiger partial charge on any atom is -0.260 e. The molecule has 1 aliphatic rings. The van der Waals surface area contributed by atoms with Crippen LogP contribution in [0.4, 0.5) is 0 Å². The highest BCUT2D eigenvalue weighted by Crippen LogP contribution is 2.29. The van der Waals surface area contributed by atoms with Gasteiger partial charge in [0.2, 0.25) is 0 Å². The Kier molecular flexibility index (Phi) is 5.16. The highest BCUT2D eigenvalue weighted by Gasteiger charge is 2.28. The van der Waals surface area contributed by atoms with E-state index >= 15 is 0 Å². The van der Waals surface area contributed by atoms with E-state index in [2.05, 4.69) is 6.07 Å². The van der Waals surface area contributed by atoms with Gasteiger partial charge in [-0.25, -0.2) is 0 Å². The zero-order valence-corrected chi connectivity index (χ0v) is 8.91. The zero-order valence-electron chi connectivity index (χ0n) is 8.09. The SMILES string of the molecule is CC.CC1(C#N)CCS(=O)CC1. The van der Waals surface area contributed by atoms with Crippen LogP contribution in [0.1, 0.15) is 33.6 Å². The van der Waals surface area contributed by atoms with Crippen molar-refractivity contribution < 1.29 is 4.21 Å². The molecule has 0 aromatic heterocycles. The van der Waals surface area contributed by atoms with Crippen LogP contribution in [-0.4, -0.2) is 15.7 Å². The Morgan fingerprint density at radius 1 is 1.33 bits per heavy atom. The van der Waals surface area contributed by atoms with Crippen molar-refractivity contribution in [2.45, 2.75) is 33.6 Å². The van der Waals surface area contributed by atoms with Gasteiger partial charge < -0.3 is 0 Å². The second-order valence-corrected chi connectivity index (χ2v) is 4.72. The molecule has 1 aliphatic heterocycles. The molecule has 0 amide bonds. The monoisotopic (exact) mass is 187 g/mol. The van der Waals surface area contributed by atoms with Crippen molar-refractivity contribution in [3.63, 3.8) is 0 Å². The van der Waals surface area contributed by atoms with E-state index in [1.807, 2.05) is 20.8 Å². The summed E-state index contributed by atoms with van der Waals surface area (Å²) in [5.41, 5.74) is -0.187. The van der Waals surface area contributed by atoms with E-state index in [9.17, 15) is 4.21 Å². The Morgan fingerprint density at radius 3 is 2.08 bits per heavy atom. The van der Waals surface area contributed by atoms with E-state index in [-0.39, 0.29) is 5.41 Å². The second-order valence-electron chi connectivity index (χ2n) is 3.02. The minimum absolute atomic E-state index is 0.187. The Labute approximate surface area is 77.4 Å². The van der Waals surface area contributed by atoms with Crippen molar-refractivity contribution in [1.29, 1.82) is 5.26 Å². The molecule has 0 radical (unpaired) electrons. The van der Waals surface area contributed by atoms with Gasteiger partial charge in [0.1, 0.15) is 0 Å². The van der Waals surface area contributed by atoms with Gasteiger partial charge in [-0.05, 0) is 19.8 Å². The maximum absolute atomic E-state index is 10.9. The van der Waals surface area contributed by atoms with Gasteiger partial charge in [-0.3, -0.25) is 4.21 Å². The molecular weight excluding hydrogens is 170 g/mol. The molecule has 0 N–H and O–H groups in total. The standard InChI is InChI=1S/C7H11NOS.C2H6/c1-7(6-8)2-4-10(9)5-3-7;1-2/h2-5H2,1H3;1-2H3. The predicted molar refractivity (Wildman–Crippen MR) is 52.2 cm³/mol. The average molecular weight is 187 g/mol. The molecule has 1 fully saturated rings. The molecule has 0 atom stereocenters. The second kappa shape index (κ2) is 5.31. The van der Waals surface area contributed by atoms with Crippen molar-refractivity contribution in [2.75, 3.05) is 11.5 Å². The van der Waals surface area contributed by atoms with Crippen LogP contribution in [0.2, 0.25) is 0 Å². The van der Waals surface area contributed by atoms with Gasteiger partial charge in [-0.2, -0.15) is 5.26 Å². The van der Waals surface area contributed by atoms with Gasteiger partial charge in [0, 0.05) is 22.3 Å². The highest BCUT2D eigenvalue weighted by atomic mass is 32.2. The quantitative estimate of drug-likeness (QED) is 0.582. The predicted octanol–water partition coefficient (Wildman–Crippen LogP) is 2.08. The molecule has 2 nitrogen and oxygen atoms in total. The van der Waals surface area contributed by atoms with Crippen LogP contribution < -0.4 is 0 Å². The lowest BCUT2D eigenvalue weighted by Gasteiger charge is -2.25. The van der Waals surface area contributed by atoms with E-state index in [0.717, 1.165) is 12.8 Å². The number of nitriles is 1. The first kappa shape index (κ1) is 11.6. The fourth-order valence-corrected chi connectivity index (χ4v) is 2.58. The molecule has 0 bridgehead atoms. The Hall–Kier alpha value is -0.360. The van der Waals surface area contributed by atoms with Crippen LogP contribution in [0.15, 0.2) is 0 Å². The molecule has 0 aliphatic carbocycles. The van der Waals surface area contributed by atoms with Gasteiger partial charge in [0.05, 0.1) is 11.5 Å². The third kappa shape index (κ3) is 3.36. The normalized spacial score (nSPS) is 34.3. The Bertz CT molecular complexity index is 185. The van der Waals surface area contributed by atoms with Crippen LogP contribution in [0.5, 0.6) is 0 Å². The first-order valence-electron chi connectivity index (χ1n) is 4.42. The zero-order chi connectivity index (χ0) is 9.61. The molecular formula is C9H17NOS. The molecule has 1 rings (SSSR count).